The number of rotatable bonds is 6. The lowest BCUT2D eigenvalue weighted by Crippen LogP contribution is -2.42. The first-order valence-electron chi connectivity index (χ1n) is 11.6. The fraction of sp³-hybridized carbons (Fsp3) is 0.107. The van der Waals surface area contributed by atoms with Crippen molar-refractivity contribution in [3.05, 3.63) is 102 Å². The molecule has 0 radical (unpaired) electrons. The van der Waals surface area contributed by atoms with Crippen LogP contribution in [0.2, 0.25) is 0 Å². The highest BCUT2D eigenvalue weighted by Gasteiger charge is 2.49. The van der Waals surface area contributed by atoms with Crippen molar-refractivity contribution in [1.82, 2.24) is 15.2 Å². The van der Waals surface area contributed by atoms with E-state index in [2.05, 4.69) is 20.9 Å². The largest absolute Gasteiger partial charge is 0.325 e. The van der Waals surface area contributed by atoms with E-state index in [1.807, 2.05) is 36.4 Å². The van der Waals surface area contributed by atoms with E-state index in [-0.39, 0.29) is 5.91 Å². The van der Waals surface area contributed by atoms with Gasteiger partial charge < -0.3 is 16.0 Å². The lowest BCUT2D eigenvalue weighted by Gasteiger charge is -2.22. The average Bonchev–Trinajstić information content (AvgIpc) is 3.12. The number of fused-ring (bicyclic) bond motifs is 1. The minimum atomic E-state index is -1.30. The van der Waals surface area contributed by atoms with E-state index < -0.39 is 29.9 Å². The number of urea groups is 1. The lowest BCUT2D eigenvalue weighted by molar-refractivity contribution is -0.133. The van der Waals surface area contributed by atoms with Crippen LogP contribution >= 0.6 is 0 Å². The maximum absolute atomic E-state index is 13.3. The third-order valence-electron chi connectivity index (χ3n) is 6.25. The summed E-state index contributed by atoms with van der Waals surface area (Å²) in [5.41, 5.74) is 0.597. The van der Waals surface area contributed by atoms with Gasteiger partial charge in [-0.3, -0.25) is 24.3 Å². The van der Waals surface area contributed by atoms with Crippen molar-refractivity contribution in [2.45, 2.75) is 12.5 Å². The van der Waals surface area contributed by atoms with Crippen LogP contribution in [0.3, 0.4) is 0 Å². The van der Waals surface area contributed by atoms with Crippen LogP contribution < -0.4 is 16.0 Å². The molecular formula is C28H23N5O4. The van der Waals surface area contributed by atoms with Crippen LogP contribution in [0.25, 0.3) is 10.8 Å². The predicted octanol–water partition coefficient (Wildman–Crippen LogP) is 3.89. The molecule has 0 spiro atoms. The number of carbonyl (C=O) groups is 4. The Labute approximate surface area is 212 Å². The number of aromatic nitrogens is 1. The van der Waals surface area contributed by atoms with Gasteiger partial charge in [0.15, 0.2) is 0 Å². The minimum absolute atomic E-state index is 0.327. The summed E-state index contributed by atoms with van der Waals surface area (Å²) in [6.07, 6.45) is 3.13. The molecule has 1 aromatic heterocycles. The lowest BCUT2D eigenvalue weighted by atomic mass is 9.90. The van der Waals surface area contributed by atoms with Crippen molar-refractivity contribution in [2.24, 2.45) is 0 Å². The summed E-state index contributed by atoms with van der Waals surface area (Å²) >= 11 is 0. The monoisotopic (exact) mass is 493 g/mol. The highest BCUT2D eigenvalue weighted by Crippen LogP contribution is 2.31. The van der Waals surface area contributed by atoms with Gasteiger partial charge in [-0.25, -0.2) is 4.79 Å². The number of amides is 5. The van der Waals surface area contributed by atoms with E-state index in [0.29, 0.717) is 22.5 Å². The van der Waals surface area contributed by atoms with Crippen LogP contribution in [0.4, 0.5) is 16.2 Å². The number of imide groups is 1. The number of nitrogens with zero attached hydrogens (tertiary/aromatic N) is 2. The topological polar surface area (TPSA) is 120 Å². The molecule has 184 valence electrons. The maximum atomic E-state index is 13.3. The zero-order valence-corrected chi connectivity index (χ0v) is 19.9. The molecule has 3 N–H and O–H groups in total. The first-order chi connectivity index (χ1) is 17.8. The molecule has 5 rings (SSSR count). The van der Waals surface area contributed by atoms with E-state index in [1.54, 1.807) is 55.7 Å². The van der Waals surface area contributed by atoms with Crippen molar-refractivity contribution in [2.75, 3.05) is 17.2 Å². The Morgan fingerprint density at radius 3 is 2.41 bits per heavy atom. The van der Waals surface area contributed by atoms with Crippen molar-refractivity contribution in [1.29, 1.82) is 0 Å². The van der Waals surface area contributed by atoms with Gasteiger partial charge in [-0.15, -0.1) is 0 Å². The molecule has 4 aromatic rings. The first-order valence-corrected chi connectivity index (χ1v) is 11.6. The molecular weight excluding hydrogens is 470 g/mol. The molecule has 1 aliphatic heterocycles. The van der Waals surface area contributed by atoms with Gasteiger partial charge in [0, 0.05) is 29.3 Å². The molecule has 0 aliphatic carbocycles. The van der Waals surface area contributed by atoms with E-state index >= 15 is 0 Å². The Morgan fingerprint density at radius 2 is 1.62 bits per heavy atom. The number of hydrogen-bond donors (Lipinski definition) is 3. The van der Waals surface area contributed by atoms with Gasteiger partial charge in [0.25, 0.3) is 11.8 Å². The van der Waals surface area contributed by atoms with Crippen LogP contribution in [0.15, 0.2) is 91.3 Å². The molecule has 1 saturated heterocycles. The zero-order chi connectivity index (χ0) is 26.0. The van der Waals surface area contributed by atoms with Gasteiger partial charge in [-0.1, -0.05) is 42.5 Å². The third kappa shape index (κ3) is 4.74. The molecule has 9 heteroatoms. The molecule has 1 atom stereocenters. The summed E-state index contributed by atoms with van der Waals surface area (Å²) in [6, 6.07) is 22.3. The molecule has 0 saturated carbocycles. The minimum Gasteiger partial charge on any atom is -0.325 e. The van der Waals surface area contributed by atoms with Crippen LogP contribution in [-0.2, 0) is 15.1 Å². The Balaban J connectivity index is 1.27. The van der Waals surface area contributed by atoms with E-state index in [9.17, 15) is 19.2 Å². The van der Waals surface area contributed by atoms with Crippen LogP contribution in [-0.4, -0.2) is 40.2 Å². The standard InChI is InChI=1S/C28H23N5O4/c1-28(21-10-9-18-5-2-3-6-19(18)15-21)26(36)33(27(37)32-28)17-24(34)30-23-8-4-7-20(16-23)25(35)31-22-11-13-29-14-12-22/h2-16H,17H2,1H3,(H,30,34)(H,32,37)(H,29,31,35). The molecule has 1 aliphatic rings. The fourth-order valence-corrected chi connectivity index (χ4v) is 4.26. The molecule has 3 aromatic carbocycles. The predicted molar refractivity (Wildman–Crippen MR) is 139 cm³/mol. The highest BCUT2D eigenvalue weighted by molar-refractivity contribution is 6.11. The number of benzene rings is 3. The summed E-state index contributed by atoms with van der Waals surface area (Å²) in [5, 5.41) is 10.1. The summed E-state index contributed by atoms with van der Waals surface area (Å²) in [7, 11) is 0. The Kier molecular flexibility index (Phi) is 6.10. The quantitative estimate of drug-likeness (QED) is 0.352. The molecule has 1 unspecified atom stereocenters. The van der Waals surface area contributed by atoms with Gasteiger partial charge in [0.2, 0.25) is 5.91 Å². The Bertz CT molecular complexity index is 1540. The van der Waals surface area contributed by atoms with Crippen molar-refractivity contribution in [3.8, 4) is 0 Å². The SMILES string of the molecule is CC1(c2ccc3ccccc3c2)NC(=O)N(CC(=O)Nc2cccc(C(=O)Nc3ccncc3)c2)C1=O. The van der Waals surface area contributed by atoms with Gasteiger partial charge in [-0.2, -0.15) is 0 Å². The van der Waals surface area contributed by atoms with E-state index in [1.165, 1.54) is 6.07 Å². The maximum Gasteiger partial charge on any atom is 0.325 e. The van der Waals surface area contributed by atoms with Gasteiger partial charge in [0.1, 0.15) is 12.1 Å². The van der Waals surface area contributed by atoms with E-state index in [0.717, 1.165) is 15.7 Å². The zero-order valence-electron chi connectivity index (χ0n) is 19.9. The Hall–Kier alpha value is -5.05. The van der Waals surface area contributed by atoms with Gasteiger partial charge in [0.05, 0.1) is 0 Å². The second-order valence-corrected chi connectivity index (χ2v) is 8.83. The number of nitrogens with one attached hydrogen (secondary N) is 3. The summed E-state index contributed by atoms with van der Waals surface area (Å²) < 4.78 is 0. The summed E-state index contributed by atoms with van der Waals surface area (Å²) in [6.45, 7) is 1.15. The third-order valence-corrected chi connectivity index (χ3v) is 6.25. The second-order valence-electron chi connectivity index (χ2n) is 8.83. The molecule has 5 amide bonds. The molecule has 9 nitrogen and oxygen atoms in total. The second kappa shape index (κ2) is 9.54. The highest BCUT2D eigenvalue weighted by atomic mass is 16.2. The van der Waals surface area contributed by atoms with Crippen molar-refractivity contribution < 1.29 is 19.2 Å². The summed E-state index contributed by atoms with van der Waals surface area (Å²) in [5.74, 6) is -1.45. The van der Waals surface area contributed by atoms with E-state index in [4.69, 9.17) is 0 Å². The molecule has 37 heavy (non-hydrogen) atoms. The number of anilines is 2. The number of carbonyl (C=O) groups excluding carboxylic acids is 4. The average molecular weight is 494 g/mol. The number of pyridine rings is 1. The van der Waals surface area contributed by atoms with Gasteiger partial charge in [-0.05, 0) is 59.7 Å². The number of hydrogen-bond acceptors (Lipinski definition) is 5. The smallest absolute Gasteiger partial charge is 0.325 e. The normalized spacial score (nSPS) is 16.9. The summed E-state index contributed by atoms with van der Waals surface area (Å²) in [4.78, 5) is 56.1. The first kappa shape index (κ1) is 23.7. The van der Waals surface area contributed by atoms with Crippen molar-refractivity contribution >= 4 is 45.9 Å². The van der Waals surface area contributed by atoms with Gasteiger partial charge >= 0.3 is 6.03 Å². The molecule has 1 fully saturated rings. The van der Waals surface area contributed by atoms with Crippen molar-refractivity contribution in [3.63, 3.8) is 0 Å². The van der Waals surface area contributed by atoms with Crippen LogP contribution in [0.5, 0.6) is 0 Å². The molecule has 2 heterocycles. The fourth-order valence-electron chi connectivity index (χ4n) is 4.26. The molecule has 0 bridgehead atoms. The van der Waals surface area contributed by atoms with Crippen LogP contribution in [0.1, 0.15) is 22.8 Å². The Morgan fingerprint density at radius 1 is 0.865 bits per heavy atom. The van der Waals surface area contributed by atoms with Crippen LogP contribution in [0, 0.1) is 0 Å².